The Labute approximate surface area is 142 Å². The van der Waals surface area contributed by atoms with Crippen molar-refractivity contribution in [3.63, 3.8) is 0 Å². The number of nitrogens with one attached hydrogen (secondary N) is 2. The van der Waals surface area contributed by atoms with Crippen LogP contribution in [-0.2, 0) is 20.0 Å². The molecule has 6 nitrogen and oxygen atoms in total. The highest BCUT2D eigenvalue weighted by Gasteiger charge is 2.20. The topological polar surface area (TPSA) is 92.3 Å². The van der Waals surface area contributed by atoms with Crippen LogP contribution in [0.1, 0.15) is 12.5 Å². The molecule has 0 bridgehead atoms. The Morgan fingerprint density at radius 1 is 1.05 bits per heavy atom. The van der Waals surface area contributed by atoms with Crippen LogP contribution in [0.4, 0.5) is 0 Å². The predicted molar refractivity (Wildman–Crippen MR) is 89.2 cm³/mol. The van der Waals surface area contributed by atoms with Gasteiger partial charge in [-0.2, -0.15) is 0 Å². The van der Waals surface area contributed by atoms with Gasteiger partial charge in [-0.3, -0.25) is 0 Å². The quantitative estimate of drug-likeness (QED) is 0.644. The zero-order valence-electron chi connectivity index (χ0n) is 11.5. The first-order chi connectivity index (χ1) is 9.59. The highest BCUT2D eigenvalue weighted by Crippen LogP contribution is 2.28. The van der Waals surface area contributed by atoms with Crippen molar-refractivity contribution in [3.05, 3.63) is 26.6 Å². The number of sulfonamides is 2. The molecule has 10 heteroatoms. The van der Waals surface area contributed by atoms with Gasteiger partial charge in [0.1, 0.15) is 0 Å². The Bertz CT molecular complexity index is 718. The monoisotopic (exact) mass is 462 g/mol. The summed E-state index contributed by atoms with van der Waals surface area (Å²) in [6, 6.07) is 3.15. The van der Waals surface area contributed by atoms with E-state index in [2.05, 4.69) is 41.3 Å². The molecule has 0 aliphatic rings. The number of hydrogen-bond acceptors (Lipinski definition) is 4. The van der Waals surface area contributed by atoms with Crippen LogP contribution in [0.15, 0.2) is 26.0 Å². The van der Waals surface area contributed by atoms with Gasteiger partial charge in [-0.15, -0.1) is 0 Å². The third-order valence-electron chi connectivity index (χ3n) is 2.53. The number of halogens is 2. The summed E-state index contributed by atoms with van der Waals surface area (Å²) in [4.78, 5) is 0.0563. The molecule has 0 fully saturated rings. The van der Waals surface area contributed by atoms with Crippen LogP contribution in [0.25, 0.3) is 0 Å². The van der Waals surface area contributed by atoms with E-state index >= 15 is 0 Å². The minimum absolute atomic E-state index is 0.0563. The lowest BCUT2D eigenvalue weighted by Gasteiger charge is -2.10. The van der Waals surface area contributed by atoms with E-state index in [4.69, 9.17) is 0 Å². The van der Waals surface area contributed by atoms with E-state index in [1.165, 1.54) is 6.07 Å². The molecule has 1 aromatic rings. The number of aryl methyl sites for hydroxylation is 1. The Kier molecular flexibility index (Phi) is 6.81. The van der Waals surface area contributed by atoms with E-state index in [1.807, 2.05) is 6.92 Å². The van der Waals surface area contributed by atoms with Gasteiger partial charge in [-0.25, -0.2) is 26.3 Å². The van der Waals surface area contributed by atoms with Gasteiger partial charge in [0, 0.05) is 22.0 Å². The smallest absolute Gasteiger partial charge is 0.215 e. The average Bonchev–Trinajstić information content (AvgIpc) is 2.32. The third kappa shape index (κ3) is 5.61. The summed E-state index contributed by atoms with van der Waals surface area (Å²) >= 11 is 6.48. The molecule has 0 saturated heterocycles. The number of benzene rings is 1. The standard InChI is InChI=1S/C11H16Br2N2O4S2/c1-3-14-20(16,17)5-4-15-21(18,19)11-7-9(12)8(2)6-10(11)13/h6-7,14-15H,3-5H2,1-2H3. The molecule has 2 N–H and O–H groups in total. The van der Waals surface area contributed by atoms with Gasteiger partial charge in [0.2, 0.25) is 20.0 Å². The van der Waals surface area contributed by atoms with E-state index in [0.29, 0.717) is 8.95 Å². The molecule has 21 heavy (non-hydrogen) atoms. The fourth-order valence-electron chi connectivity index (χ4n) is 1.51. The van der Waals surface area contributed by atoms with E-state index in [0.717, 1.165) is 5.56 Å². The van der Waals surface area contributed by atoms with E-state index < -0.39 is 20.0 Å². The third-order valence-corrected chi connectivity index (χ3v) is 7.27. The van der Waals surface area contributed by atoms with Crippen molar-refractivity contribution >= 4 is 51.9 Å². The van der Waals surface area contributed by atoms with Gasteiger partial charge in [0.15, 0.2) is 0 Å². The molecule has 0 aromatic heterocycles. The van der Waals surface area contributed by atoms with Gasteiger partial charge in [0.05, 0.1) is 10.6 Å². The molecular weight excluding hydrogens is 448 g/mol. The fourth-order valence-corrected chi connectivity index (χ4v) is 5.31. The molecule has 0 amide bonds. The van der Waals surface area contributed by atoms with Crippen LogP contribution in [0.3, 0.4) is 0 Å². The predicted octanol–water partition coefficient (Wildman–Crippen LogP) is 1.74. The number of hydrogen-bond donors (Lipinski definition) is 2. The lowest BCUT2D eigenvalue weighted by Crippen LogP contribution is -2.34. The summed E-state index contributed by atoms with van der Waals surface area (Å²) < 4.78 is 52.9. The Hall–Kier alpha value is -0.000000000000000111. The summed E-state index contributed by atoms with van der Waals surface area (Å²) in [6.45, 7) is 3.56. The first-order valence-electron chi connectivity index (χ1n) is 6.01. The minimum Gasteiger partial charge on any atom is -0.215 e. The summed E-state index contributed by atoms with van der Waals surface area (Å²) in [5.41, 5.74) is 0.885. The number of rotatable bonds is 7. The summed E-state index contributed by atoms with van der Waals surface area (Å²) in [5.74, 6) is -0.315. The second-order valence-electron chi connectivity index (χ2n) is 4.25. The lowest BCUT2D eigenvalue weighted by atomic mass is 10.2. The molecule has 0 unspecified atom stereocenters. The van der Waals surface area contributed by atoms with Crippen LogP contribution in [0.5, 0.6) is 0 Å². The highest BCUT2D eigenvalue weighted by atomic mass is 79.9. The molecule has 0 radical (unpaired) electrons. The molecule has 0 heterocycles. The highest BCUT2D eigenvalue weighted by molar-refractivity contribution is 9.11. The lowest BCUT2D eigenvalue weighted by molar-refractivity contribution is 0.576. The molecule has 0 saturated carbocycles. The normalized spacial score (nSPS) is 12.6. The van der Waals surface area contributed by atoms with Gasteiger partial charge in [-0.1, -0.05) is 22.9 Å². The van der Waals surface area contributed by atoms with Gasteiger partial charge < -0.3 is 0 Å². The average molecular weight is 464 g/mol. The molecule has 120 valence electrons. The SMILES string of the molecule is CCNS(=O)(=O)CCNS(=O)(=O)c1cc(Br)c(C)cc1Br. The summed E-state index contributed by atoms with van der Waals surface area (Å²) in [7, 11) is -7.25. The zero-order valence-corrected chi connectivity index (χ0v) is 16.3. The van der Waals surface area contributed by atoms with Crippen LogP contribution in [-0.4, -0.2) is 35.7 Å². The van der Waals surface area contributed by atoms with Crippen molar-refractivity contribution in [2.45, 2.75) is 18.7 Å². The first-order valence-corrected chi connectivity index (χ1v) is 10.7. The van der Waals surface area contributed by atoms with Crippen molar-refractivity contribution in [2.75, 3.05) is 18.8 Å². The molecule has 0 spiro atoms. The van der Waals surface area contributed by atoms with Gasteiger partial charge in [-0.05, 0) is 40.5 Å². The van der Waals surface area contributed by atoms with E-state index in [-0.39, 0.29) is 23.7 Å². The van der Waals surface area contributed by atoms with Crippen LogP contribution in [0, 0.1) is 6.92 Å². The molecular formula is C11H16Br2N2O4S2. The molecule has 1 rings (SSSR count). The first kappa shape index (κ1) is 19.0. The maximum absolute atomic E-state index is 12.2. The Balaban J connectivity index is 2.86. The Morgan fingerprint density at radius 2 is 1.67 bits per heavy atom. The maximum atomic E-state index is 12.2. The van der Waals surface area contributed by atoms with Crippen molar-refractivity contribution in [3.8, 4) is 0 Å². The second-order valence-corrected chi connectivity index (χ2v) is 9.62. The van der Waals surface area contributed by atoms with Crippen molar-refractivity contribution < 1.29 is 16.8 Å². The van der Waals surface area contributed by atoms with Crippen molar-refractivity contribution in [2.24, 2.45) is 0 Å². The molecule has 0 aliphatic heterocycles. The van der Waals surface area contributed by atoms with Crippen LogP contribution in [0.2, 0.25) is 0 Å². The largest absolute Gasteiger partial charge is 0.241 e. The zero-order chi connectivity index (χ0) is 16.3. The summed E-state index contributed by atoms with van der Waals surface area (Å²) in [6.07, 6.45) is 0. The molecule has 0 atom stereocenters. The fraction of sp³-hybridized carbons (Fsp3) is 0.455. The van der Waals surface area contributed by atoms with Gasteiger partial charge in [0.25, 0.3) is 0 Å². The molecule has 1 aromatic carbocycles. The van der Waals surface area contributed by atoms with Crippen LogP contribution < -0.4 is 9.44 Å². The van der Waals surface area contributed by atoms with Crippen LogP contribution >= 0.6 is 31.9 Å². The second kappa shape index (κ2) is 7.51. The van der Waals surface area contributed by atoms with Crippen molar-refractivity contribution in [1.29, 1.82) is 0 Å². The summed E-state index contributed by atoms with van der Waals surface area (Å²) in [5, 5.41) is 0. The minimum atomic E-state index is -3.79. The van der Waals surface area contributed by atoms with Gasteiger partial charge >= 0.3 is 0 Å². The maximum Gasteiger partial charge on any atom is 0.241 e. The molecule has 0 aliphatic carbocycles. The van der Waals surface area contributed by atoms with E-state index in [9.17, 15) is 16.8 Å². The van der Waals surface area contributed by atoms with Crippen molar-refractivity contribution in [1.82, 2.24) is 9.44 Å². The van der Waals surface area contributed by atoms with E-state index in [1.54, 1.807) is 13.0 Å². The Morgan fingerprint density at radius 3 is 2.24 bits per heavy atom.